The third-order valence-corrected chi connectivity index (χ3v) is 4.48. The maximum Gasteiger partial charge on any atom is 0.226 e. The van der Waals surface area contributed by atoms with Gasteiger partial charge in [0.2, 0.25) is 11.2 Å². The summed E-state index contributed by atoms with van der Waals surface area (Å²) in [6.45, 7) is 3.11. The normalized spacial score (nSPS) is 15.9. The second-order valence-electron chi connectivity index (χ2n) is 5.73. The summed E-state index contributed by atoms with van der Waals surface area (Å²) < 4.78 is 15.8. The van der Waals surface area contributed by atoms with E-state index in [4.69, 9.17) is 11.6 Å². The first-order chi connectivity index (χ1) is 11.0. The molecule has 1 saturated heterocycles. The molecule has 0 unspecified atom stereocenters. The largest absolute Gasteiger partial charge is 0.341 e. The van der Waals surface area contributed by atoms with Gasteiger partial charge in [-0.3, -0.25) is 9.48 Å². The Labute approximate surface area is 138 Å². The molecule has 2 aromatic heterocycles. The summed E-state index contributed by atoms with van der Waals surface area (Å²) in [7, 11) is 1.75. The zero-order valence-electron chi connectivity index (χ0n) is 13.0. The van der Waals surface area contributed by atoms with Gasteiger partial charge in [0.1, 0.15) is 5.69 Å². The van der Waals surface area contributed by atoms with Crippen molar-refractivity contribution in [3.63, 3.8) is 0 Å². The highest BCUT2D eigenvalue weighted by molar-refractivity contribution is 6.64. The number of aryl methyl sites for hydroxylation is 2. The zero-order chi connectivity index (χ0) is 16.6. The van der Waals surface area contributed by atoms with Gasteiger partial charge in [-0.05, 0) is 36.9 Å². The van der Waals surface area contributed by atoms with E-state index in [1.165, 1.54) is 6.20 Å². The van der Waals surface area contributed by atoms with Crippen LogP contribution in [0.4, 0.5) is 10.3 Å². The molecule has 1 fully saturated rings. The summed E-state index contributed by atoms with van der Waals surface area (Å²) in [6.07, 6.45) is 4.17. The fraction of sp³-hybridized carbons (Fsp3) is 0.467. The molecule has 2 aromatic rings. The van der Waals surface area contributed by atoms with Gasteiger partial charge in [0.05, 0.1) is 18.1 Å². The molecule has 0 saturated carbocycles. The van der Waals surface area contributed by atoms with Crippen LogP contribution in [0.1, 0.15) is 18.4 Å². The Bertz CT molecular complexity index is 720. The standard InChI is InChI=1S/C15H17ClFN5O/c1-9-7-19-21(2)13(9)12-11(17)8-18-15(20-12)22-5-3-10(4-6-22)14(16)23/h7-8,10H,3-6H2,1-2H3. The van der Waals surface area contributed by atoms with Gasteiger partial charge in [-0.25, -0.2) is 14.4 Å². The number of nitrogens with zero attached hydrogens (tertiary/aromatic N) is 5. The van der Waals surface area contributed by atoms with Crippen LogP contribution in [-0.4, -0.2) is 38.1 Å². The highest BCUT2D eigenvalue weighted by Crippen LogP contribution is 2.27. The molecule has 122 valence electrons. The molecule has 0 spiro atoms. The third-order valence-electron chi connectivity index (χ3n) is 4.18. The van der Waals surface area contributed by atoms with Crippen LogP contribution in [0.15, 0.2) is 12.4 Å². The molecule has 0 radical (unpaired) electrons. The van der Waals surface area contributed by atoms with Crippen molar-refractivity contribution in [1.29, 1.82) is 0 Å². The maximum absolute atomic E-state index is 14.2. The van der Waals surface area contributed by atoms with E-state index in [0.717, 1.165) is 5.56 Å². The first-order valence-electron chi connectivity index (χ1n) is 7.43. The Morgan fingerprint density at radius 1 is 1.35 bits per heavy atom. The van der Waals surface area contributed by atoms with Crippen molar-refractivity contribution < 1.29 is 9.18 Å². The quantitative estimate of drug-likeness (QED) is 0.804. The lowest BCUT2D eigenvalue weighted by Crippen LogP contribution is -2.36. The summed E-state index contributed by atoms with van der Waals surface area (Å²) >= 11 is 5.55. The predicted molar refractivity (Wildman–Crippen MR) is 84.7 cm³/mol. The Morgan fingerprint density at radius 2 is 2.04 bits per heavy atom. The average molecular weight is 338 g/mol. The van der Waals surface area contributed by atoms with Crippen molar-refractivity contribution in [3.8, 4) is 11.4 Å². The molecule has 8 heteroatoms. The summed E-state index contributed by atoms with van der Waals surface area (Å²) in [5.74, 6) is -0.138. The van der Waals surface area contributed by atoms with E-state index in [0.29, 0.717) is 37.6 Å². The van der Waals surface area contributed by atoms with E-state index >= 15 is 0 Å². The van der Waals surface area contributed by atoms with Gasteiger partial charge in [-0.2, -0.15) is 5.10 Å². The van der Waals surface area contributed by atoms with Crippen LogP contribution in [0.5, 0.6) is 0 Å². The second-order valence-corrected chi connectivity index (χ2v) is 6.10. The van der Waals surface area contributed by atoms with Crippen LogP contribution < -0.4 is 4.90 Å². The van der Waals surface area contributed by atoms with E-state index in [1.807, 2.05) is 11.8 Å². The molecule has 1 aliphatic rings. The number of carbonyl (C=O) groups is 1. The number of piperidine rings is 1. The molecule has 0 bridgehead atoms. The van der Waals surface area contributed by atoms with E-state index in [-0.39, 0.29) is 16.9 Å². The molecule has 1 aliphatic heterocycles. The third kappa shape index (κ3) is 3.06. The first-order valence-corrected chi connectivity index (χ1v) is 7.81. The minimum absolute atomic E-state index is 0.118. The number of aromatic nitrogens is 4. The highest BCUT2D eigenvalue weighted by atomic mass is 35.5. The summed E-state index contributed by atoms with van der Waals surface area (Å²) in [4.78, 5) is 21.7. The van der Waals surface area contributed by atoms with Crippen molar-refractivity contribution in [2.24, 2.45) is 13.0 Å². The molecule has 6 nitrogen and oxygen atoms in total. The molecule has 0 amide bonds. The lowest BCUT2D eigenvalue weighted by molar-refractivity contribution is -0.115. The lowest BCUT2D eigenvalue weighted by atomic mass is 9.99. The Hall–Kier alpha value is -2.02. The van der Waals surface area contributed by atoms with Crippen LogP contribution in [0.3, 0.4) is 0 Å². The van der Waals surface area contributed by atoms with Gasteiger partial charge >= 0.3 is 0 Å². The van der Waals surface area contributed by atoms with Crippen molar-refractivity contribution >= 4 is 22.8 Å². The zero-order valence-corrected chi connectivity index (χ0v) is 13.7. The summed E-state index contributed by atoms with van der Waals surface area (Å²) in [5, 5.41) is 3.83. The molecule has 3 heterocycles. The second kappa shape index (κ2) is 6.23. The Morgan fingerprint density at radius 3 is 2.61 bits per heavy atom. The van der Waals surface area contributed by atoms with Crippen molar-refractivity contribution in [2.45, 2.75) is 19.8 Å². The van der Waals surface area contributed by atoms with Gasteiger partial charge in [0, 0.05) is 26.1 Å². The van der Waals surface area contributed by atoms with Crippen molar-refractivity contribution in [3.05, 3.63) is 23.8 Å². The van der Waals surface area contributed by atoms with Crippen LogP contribution in [-0.2, 0) is 11.8 Å². The van der Waals surface area contributed by atoms with E-state index in [2.05, 4.69) is 15.1 Å². The lowest BCUT2D eigenvalue weighted by Gasteiger charge is -2.30. The number of rotatable bonds is 3. The first kappa shape index (κ1) is 15.9. The van der Waals surface area contributed by atoms with Gasteiger partial charge in [0.15, 0.2) is 5.82 Å². The molecule has 23 heavy (non-hydrogen) atoms. The van der Waals surface area contributed by atoms with Gasteiger partial charge < -0.3 is 4.90 Å². The molecule has 0 aromatic carbocycles. The summed E-state index contributed by atoms with van der Waals surface area (Å²) in [5.41, 5.74) is 1.72. The predicted octanol–water partition coefficient (Wildman–Crippen LogP) is 2.31. The average Bonchev–Trinajstić information content (AvgIpc) is 2.87. The number of halogens is 2. The molecule has 0 aliphatic carbocycles. The number of carbonyl (C=O) groups excluding carboxylic acids is 1. The number of hydrogen-bond acceptors (Lipinski definition) is 5. The van der Waals surface area contributed by atoms with Crippen LogP contribution >= 0.6 is 11.6 Å². The SMILES string of the molecule is Cc1cnn(C)c1-c1nc(N2CCC(C(=O)Cl)CC2)ncc1F. The van der Waals surface area contributed by atoms with Gasteiger partial charge in [-0.15, -0.1) is 0 Å². The van der Waals surface area contributed by atoms with Crippen LogP contribution in [0.2, 0.25) is 0 Å². The highest BCUT2D eigenvalue weighted by Gasteiger charge is 2.26. The monoisotopic (exact) mass is 337 g/mol. The summed E-state index contributed by atoms with van der Waals surface area (Å²) in [6, 6.07) is 0. The molecule has 0 N–H and O–H groups in total. The Balaban J connectivity index is 1.89. The van der Waals surface area contributed by atoms with E-state index < -0.39 is 5.82 Å². The van der Waals surface area contributed by atoms with Gasteiger partial charge in [-0.1, -0.05) is 0 Å². The van der Waals surface area contributed by atoms with Crippen molar-refractivity contribution in [1.82, 2.24) is 19.7 Å². The smallest absolute Gasteiger partial charge is 0.226 e. The van der Waals surface area contributed by atoms with Gasteiger partial charge in [0.25, 0.3) is 0 Å². The minimum atomic E-state index is -0.480. The molecular weight excluding hydrogens is 321 g/mol. The molecule has 0 atom stereocenters. The molecule has 3 rings (SSSR count). The van der Waals surface area contributed by atoms with Crippen LogP contribution in [0.25, 0.3) is 11.4 Å². The fourth-order valence-corrected chi connectivity index (χ4v) is 3.09. The fourth-order valence-electron chi connectivity index (χ4n) is 2.87. The minimum Gasteiger partial charge on any atom is -0.341 e. The number of hydrogen-bond donors (Lipinski definition) is 0. The van der Waals surface area contributed by atoms with Crippen molar-refractivity contribution in [2.75, 3.05) is 18.0 Å². The maximum atomic E-state index is 14.2. The van der Waals surface area contributed by atoms with E-state index in [9.17, 15) is 9.18 Å². The van der Waals surface area contributed by atoms with E-state index in [1.54, 1.807) is 17.9 Å². The number of anilines is 1. The topological polar surface area (TPSA) is 63.9 Å². The Kier molecular flexibility index (Phi) is 4.30. The molecular formula is C15H17ClFN5O. The van der Waals surface area contributed by atoms with Crippen LogP contribution in [0, 0.1) is 18.7 Å².